The van der Waals surface area contributed by atoms with Gasteiger partial charge in [-0.05, 0) is 29.3 Å². The van der Waals surface area contributed by atoms with Gasteiger partial charge in [0.25, 0.3) is 0 Å². The van der Waals surface area contributed by atoms with E-state index in [1.54, 1.807) is 6.07 Å². The van der Waals surface area contributed by atoms with Gasteiger partial charge in [-0.3, -0.25) is 4.90 Å². The molecule has 0 bridgehead atoms. The lowest BCUT2D eigenvalue weighted by atomic mass is 10.1. The molecule has 1 heterocycles. The van der Waals surface area contributed by atoms with Crippen LogP contribution in [-0.4, -0.2) is 46.9 Å². The molecule has 1 aliphatic heterocycles. The minimum absolute atomic E-state index is 0.0460. The highest BCUT2D eigenvalue weighted by Crippen LogP contribution is 2.22. The number of phenols is 1. The van der Waals surface area contributed by atoms with Crippen molar-refractivity contribution in [1.82, 2.24) is 4.90 Å². The summed E-state index contributed by atoms with van der Waals surface area (Å²) in [5.41, 5.74) is 1.85. The summed E-state index contributed by atoms with van der Waals surface area (Å²) in [6.45, 7) is 2.76. The Morgan fingerprint density at radius 2 is 2.08 bits per heavy atom. The Labute approximate surface area is 151 Å². The average molecular weight is 362 g/mol. The van der Waals surface area contributed by atoms with Gasteiger partial charge in [-0.15, -0.1) is 0 Å². The molecule has 1 aliphatic rings. The molecule has 2 N–H and O–H groups in total. The van der Waals surface area contributed by atoms with Crippen molar-refractivity contribution < 1.29 is 19.7 Å². The standard InChI is InChI=1S/C19H20ClNO4/c20-17-4-2-1-3-14(17)10-15-12-21(7-8-25-15)11-13-5-6-18(22)16(9-13)19(23)24/h1-6,9,15,22H,7-8,10-12H2,(H,23,24)/t15-/m1/s1. The number of benzene rings is 2. The molecule has 1 atom stereocenters. The summed E-state index contributed by atoms with van der Waals surface area (Å²) in [6.07, 6.45) is 0.788. The Balaban J connectivity index is 1.65. The van der Waals surface area contributed by atoms with Crippen molar-refractivity contribution in [2.24, 2.45) is 0 Å². The van der Waals surface area contributed by atoms with Crippen molar-refractivity contribution >= 4 is 17.6 Å². The van der Waals surface area contributed by atoms with E-state index in [4.69, 9.17) is 21.4 Å². The molecule has 0 aromatic heterocycles. The number of carboxylic acid groups (broad SMARTS) is 1. The molecule has 6 heteroatoms. The van der Waals surface area contributed by atoms with Crippen molar-refractivity contribution in [3.05, 3.63) is 64.2 Å². The Morgan fingerprint density at radius 1 is 1.28 bits per heavy atom. The minimum atomic E-state index is -1.13. The van der Waals surface area contributed by atoms with Crippen molar-refractivity contribution in [1.29, 1.82) is 0 Å². The van der Waals surface area contributed by atoms with E-state index in [1.165, 1.54) is 12.1 Å². The molecule has 1 saturated heterocycles. The Hall–Kier alpha value is -2.08. The van der Waals surface area contributed by atoms with Gasteiger partial charge in [0.05, 0.1) is 12.7 Å². The van der Waals surface area contributed by atoms with E-state index in [0.717, 1.165) is 35.7 Å². The smallest absolute Gasteiger partial charge is 0.339 e. The Bertz CT molecular complexity index is 765. The van der Waals surface area contributed by atoms with Crippen LogP contribution in [0, 0.1) is 0 Å². The lowest BCUT2D eigenvalue weighted by molar-refractivity contribution is -0.0305. The highest BCUT2D eigenvalue weighted by molar-refractivity contribution is 6.31. The first-order valence-corrected chi connectivity index (χ1v) is 8.53. The number of halogens is 1. The maximum Gasteiger partial charge on any atom is 0.339 e. The van der Waals surface area contributed by atoms with Gasteiger partial charge in [-0.1, -0.05) is 35.9 Å². The van der Waals surface area contributed by atoms with E-state index in [0.29, 0.717) is 13.2 Å². The van der Waals surface area contributed by atoms with Crippen LogP contribution < -0.4 is 0 Å². The van der Waals surface area contributed by atoms with Crippen LogP contribution in [0.3, 0.4) is 0 Å². The molecular weight excluding hydrogens is 342 g/mol. The Kier molecular flexibility index (Phi) is 5.58. The van der Waals surface area contributed by atoms with E-state index in [1.807, 2.05) is 24.3 Å². The normalized spacial score (nSPS) is 18.2. The second-order valence-corrected chi connectivity index (χ2v) is 6.59. The van der Waals surface area contributed by atoms with E-state index in [2.05, 4.69) is 4.90 Å². The van der Waals surface area contributed by atoms with Crippen molar-refractivity contribution in [3.8, 4) is 5.75 Å². The third-order valence-corrected chi connectivity index (χ3v) is 4.69. The van der Waals surface area contributed by atoms with Gasteiger partial charge in [-0.25, -0.2) is 4.79 Å². The molecule has 25 heavy (non-hydrogen) atoms. The fourth-order valence-corrected chi connectivity index (χ4v) is 3.28. The number of nitrogens with zero attached hydrogens (tertiary/aromatic N) is 1. The topological polar surface area (TPSA) is 70.0 Å². The summed E-state index contributed by atoms with van der Waals surface area (Å²) < 4.78 is 5.85. The van der Waals surface area contributed by atoms with Crippen LogP contribution >= 0.6 is 11.6 Å². The number of ether oxygens (including phenoxy) is 1. The molecule has 0 amide bonds. The van der Waals surface area contributed by atoms with Crippen molar-refractivity contribution in [3.63, 3.8) is 0 Å². The first-order chi connectivity index (χ1) is 12.0. The van der Waals surface area contributed by atoms with Crippen LogP contribution in [0.4, 0.5) is 0 Å². The maximum absolute atomic E-state index is 11.1. The molecule has 0 saturated carbocycles. The number of aromatic hydroxyl groups is 1. The molecule has 2 aromatic carbocycles. The number of rotatable bonds is 5. The number of hydrogen-bond donors (Lipinski definition) is 2. The summed E-state index contributed by atoms with van der Waals surface area (Å²) in [6, 6.07) is 12.5. The summed E-state index contributed by atoms with van der Waals surface area (Å²) >= 11 is 6.22. The van der Waals surface area contributed by atoms with Gasteiger partial charge in [0.1, 0.15) is 11.3 Å². The van der Waals surface area contributed by atoms with Gasteiger partial charge in [0.2, 0.25) is 0 Å². The van der Waals surface area contributed by atoms with Gasteiger partial charge in [0, 0.05) is 31.1 Å². The van der Waals surface area contributed by atoms with E-state index in [-0.39, 0.29) is 17.4 Å². The third-order valence-electron chi connectivity index (χ3n) is 4.33. The lowest BCUT2D eigenvalue weighted by Gasteiger charge is -2.33. The lowest BCUT2D eigenvalue weighted by Crippen LogP contribution is -2.42. The van der Waals surface area contributed by atoms with Crippen molar-refractivity contribution in [2.45, 2.75) is 19.1 Å². The fourth-order valence-electron chi connectivity index (χ4n) is 3.07. The highest BCUT2D eigenvalue weighted by atomic mass is 35.5. The maximum atomic E-state index is 11.1. The molecule has 0 aliphatic carbocycles. The number of morpholine rings is 1. The zero-order valence-electron chi connectivity index (χ0n) is 13.7. The van der Waals surface area contributed by atoms with E-state index >= 15 is 0 Å². The van der Waals surface area contributed by atoms with E-state index in [9.17, 15) is 9.90 Å². The second-order valence-electron chi connectivity index (χ2n) is 6.18. The first-order valence-electron chi connectivity index (χ1n) is 8.15. The van der Waals surface area contributed by atoms with Gasteiger partial charge in [0.15, 0.2) is 0 Å². The molecule has 132 valence electrons. The SMILES string of the molecule is O=C(O)c1cc(CN2CCO[C@H](Cc3ccccc3Cl)C2)ccc1O. The summed E-state index contributed by atoms with van der Waals surface area (Å²) in [5, 5.41) is 19.5. The monoisotopic (exact) mass is 361 g/mol. The van der Waals surface area contributed by atoms with Crippen LogP contribution in [0.2, 0.25) is 5.02 Å². The largest absolute Gasteiger partial charge is 0.507 e. The fraction of sp³-hybridized carbons (Fsp3) is 0.316. The first kappa shape index (κ1) is 17.7. The van der Waals surface area contributed by atoms with Crippen LogP contribution in [-0.2, 0) is 17.7 Å². The molecule has 5 nitrogen and oxygen atoms in total. The third kappa shape index (κ3) is 4.51. The number of hydrogen-bond acceptors (Lipinski definition) is 4. The molecule has 0 unspecified atom stereocenters. The van der Waals surface area contributed by atoms with E-state index < -0.39 is 5.97 Å². The van der Waals surface area contributed by atoms with Crippen LogP contribution in [0.25, 0.3) is 0 Å². The zero-order valence-corrected chi connectivity index (χ0v) is 14.4. The van der Waals surface area contributed by atoms with Crippen LogP contribution in [0.1, 0.15) is 21.5 Å². The highest BCUT2D eigenvalue weighted by Gasteiger charge is 2.22. The van der Waals surface area contributed by atoms with Gasteiger partial charge in [-0.2, -0.15) is 0 Å². The molecule has 0 spiro atoms. The summed E-state index contributed by atoms with van der Waals surface area (Å²) in [5.74, 6) is -1.34. The predicted octanol–water partition coefficient (Wildman–Crippen LogP) is 3.19. The minimum Gasteiger partial charge on any atom is -0.507 e. The average Bonchev–Trinajstić information content (AvgIpc) is 2.59. The second kappa shape index (κ2) is 7.87. The van der Waals surface area contributed by atoms with Crippen LogP contribution in [0.15, 0.2) is 42.5 Å². The van der Waals surface area contributed by atoms with Gasteiger partial charge < -0.3 is 14.9 Å². The molecule has 1 fully saturated rings. The summed E-state index contributed by atoms with van der Waals surface area (Å²) in [4.78, 5) is 13.4. The van der Waals surface area contributed by atoms with Crippen molar-refractivity contribution in [2.75, 3.05) is 19.7 Å². The van der Waals surface area contributed by atoms with Gasteiger partial charge >= 0.3 is 5.97 Å². The summed E-state index contributed by atoms with van der Waals surface area (Å²) in [7, 11) is 0. The Morgan fingerprint density at radius 3 is 2.84 bits per heavy atom. The number of aromatic carboxylic acids is 1. The quantitative estimate of drug-likeness (QED) is 0.855. The number of carbonyl (C=O) groups is 1. The zero-order chi connectivity index (χ0) is 17.8. The van der Waals surface area contributed by atoms with Crippen LogP contribution in [0.5, 0.6) is 5.75 Å². The molecule has 0 radical (unpaired) electrons. The number of carboxylic acids is 1. The molecule has 2 aromatic rings. The molecular formula is C19H20ClNO4. The predicted molar refractivity (Wildman–Crippen MR) is 95.2 cm³/mol. The molecule has 3 rings (SSSR count).